The van der Waals surface area contributed by atoms with Crippen molar-refractivity contribution in [1.82, 2.24) is 0 Å². The highest BCUT2D eigenvalue weighted by Crippen LogP contribution is 2.66. The summed E-state index contributed by atoms with van der Waals surface area (Å²) in [4.78, 5) is 1.44. The molecule has 2 aromatic carbocycles. The maximum absolute atomic E-state index is 15.3. The zero-order chi connectivity index (χ0) is 26.8. The first-order valence-corrected chi connectivity index (χ1v) is 12.9. The van der Waals surface area contributed by atoms with Crippen LogP contribution in [0.2, 0.25) is 0 Å². The summed E-state index contributed by atoms with van der Waals surface area (Å²) < 4.78 is 91.0. The first-order valence-electron chi connectivity index (χ1n) is 11.3. The van der Waals surface area contributed by atoms with Crippen molar-refractivity contribution in [2.24, 2.45) is 0 Å². The van der Waals surface area contributed by atoms with Gasteiger partial charge in [-0.25, -0.2) is 0 Å². The van der Waals surface area contributed by atoms with Crippen molar-refractivity contribution in [2.75, 3.05) is 0 Å². The molecule has 0 amide bonds. The predicted molar refractivity (Wildman–Crippen MR) is 137 cm³/mol. The third-order valence-electron chi connectivity index (χ3n) is 6.52. The molecule has 0 spiro atoms. The first-order chi connectivity index (χ1) is 17.4. The summed E-state index contributed by atoms with van der Waals surface area (Å²) in [5, 5.41) is 9.25. The second kappa shape index (κ2) is 8.85. The van der Waals surface area contributed by atoms with Crippen LogP contribution in [0.5, 0.6) is 0 Å². The van der Waals surface area contributed by atoms with Crippen molar-refractivity contribution in [3.05, 3.63) is 93.2 Å². The van der Waals surface area contributed by atoms with Crippen molar-refractivity contribution in [2.45, 2.75) is 38.2 Å². The number of halogens is 6. The maximum Gasteiger partial charge on any atom is 0.380 e. The van der Waals surface area contributed by atoms with Crippen LogP contribution in [-0.4, -0.2) is 22.9 Å². The van der Waals surface area contributed by atoms with Gasteiger partial charge in [-0.05, 0) is 53.8 Å². The molecular weight excluding hydrogens is 530 g/mol. The van der Waals surface area contributed by atoms with Crippen LogP contribution in [0.1, 0.15) is 26.4 Å². The van der Waals surface area contributed by atoms with E-state index in [4.69, 9.17) is 0 Å². The van der Waals surface area contributed by atoms with Crippen LogP contribution in [-0.2, 0) is 6.61 Å². The van der Waals surface area contributed by atoms with Crippen molar-refractivity contribution in [1.29, 1.82) is 0 Å². The lowest BCUT2D eigenvalue weighted by Crippen LogP contribution is -2.48. The molecule has 0 radical (unpaired) electrons. The zero-order valence-electron chi connectivity index (χ0n) is 19.6. The van der Waals surface area contributed by atoms with Gasteiger partial charge in [0, 0.05) is 30.7 Å². The second-order valence-electron chi connectivity index (χ2n) is 8.86. The monoisotopic (exact) mass is 550 g/mol. The first kappa shape index (κ1) is 25.8. The predicted octanol–water partition coefficient (Wildman–Crippen LogP) is 9.08. The van der Waals surface area contributed by atoms with E-state index >= 15 is 17.6 Å². The highest BCUT2D eigenvalue weighted by molar-refractivity contribution is 7.16. The van der Waals surface area contributed by atoms with Gasteiger partial charge in [0.2, 0.25) is 0 Å². The van der Waals surface area contributed by atoms with E-state index in [0.29, 0.717) is 26.4 Å². The Balaban J connectivity index is 1.75. The average Bonchev–Trinajstić information content (AvgIpc) is 3.47. The molecule has 1 nitrogen and oxygen atoms in total. The van der Waals surface area contributed by atoms with E-state index in [-0.39, 0.29) is 27.5 Å². The van der Waals surface area contributed by atoms with Gasteiger partial charge in [-0.1, -0.05) is 54.6 Å². The summed E-state index contributed by atoms with van der Waals surface area (Å²) in [6, 6.07) is 17.9. The van der Waals surface area contributed by atoms with Gasteiger partial charge in [0.1, 0.15) is 0 Å². The molecule has 2 heterocycles. The minimum absolute atomic E-state index is 0.188. The van der Waals surface area contributed by atoms with E-state index < -0.39 is 28.9 Å². The minimum Gasteiger partial charge on any atom is -0.392 e. The molecule has 5 rings (SSSR count). The van der Waals surface area contributed by atoms with Crippen molar-refractivity contribution in [3.63, 3.8) is 0 Å². The van der Waals surface area contributed by atoms with E-state index in [1.54, 1.807) is 54.6 Å². The van der Waals surface area contributed by atoms with E-state index in [9.17, 15) is 13.9 Å². The Hall–Kier alpha value is -2.88. The molecule has 0 aliphatic heterocycles. The quantitative estimate of drug-likeness (QED) is 0.246. The van der Waals surface area contributed by atoms with Gasteiger partial charge in [-0.3, -0.25) is 0 Å². The van der Waals surface area contributed by atoms with Crippen LogP contribution in [0, 0.1) is 13.8 Å². The second-order valence-corrected chi connectivity index (χ2v) is 11.4. The molecule has 0 unspecified atom stereocenters. The molecule has 0 saturated heterocycles. The van der Waals surface area contributed by atoms with E-state index in [1.807, 2.05) is 0 Å². The molecule has 4 aromatic rings. The SMILES string of the molecule is Cc1sc(-c2ccccc2)cc1C1=C(c2cc(-c3ccc(CO)cc3)sc2C)C(F)(F)C(F)(F)C1(F)F. The van der Waals surface area contributed by atoms with Crippen molar-refractivity contribution >= 4 is 33.8 Å². The average molecular weight is 551 g/mol. The fraction of sp³-hybridized carbons (Fsp3) is 0.214. The molecule has 0 bridgehead atoms. The van der Waals surface area contributed by atoms with Crippen molar-refractivity contribution < 1.29 is 31.4 Å². The minimum atomic E-state index is -5.61. The summed E-state index contributed by atoms with van der Waals surface area (Å²) >= 11 is 2.14. The lowest BCUT2D eigenvalue weighted by atomic mass is 9.94. The van der Waals surface area contributed by atoms with E-state index in [0.717, 1.165) is 22.7 Å². The van der Waals surface area contributed by atoms with Gasteiger partial charge in [0.25, 0.3) is 0 Å². The number of aliphatic hydroxyl groups is 1. The van der Waals surface area contributed by atoms with Crippen LogP contribution < -0.4 is 0 Å². The van der Waals surface area contributed by atoms with Gasteiger partial charge < -0.3 is 5.11 Å². The van der Waals surface area contributed by atoms with Crippen LogP contribution in [0.25, 0.3) is 32.0 Å². The normalized spacial score (nSPS) is 18.0. The highest BCUT2D eigenvalue weighted by atomic mass is 32.1. The Labute approximate surface area is 217 Å². The molecular formula is C28H20F6OS2. The standard InChI is InChI=1S/C28H20F6OS2/c1-15-20(12-22(36-15)18-6-4-3-5-7-18)24-25(27(31,32)28(33,34)26(24,29)30)21-13-23(37-16(21)2)19-10-8-17(14-35)9-11-19/h3-13,35H,14H2,1-2H3. The van der Waals surface area contributed by atoms with Gasteiger partial charge in [-0.2, -0.15) is 26.3 Å². The topological polar surface area (TPSA) is 20.2 Å². The van der Waals surface area contributed by atoms with E-state index in [1.165, 1.54) is 26.0 Å². The molecule has 1 N–H and O–H groups in total. The van der Waals surface area contributed by atoms with Crippen LogP contribution in [0.3, 0.4) is 0 Å². The molecule has 1 aliphatic carbocycles. The third kappa shape index (κ3) is 3.86. The van der Waals surface area contributed by atoms with Crippen LogP contribution >= 0.6 is 22.7 Å². The Kier molecular flexibility index (Phi) is 6.16. The highest BCUT2D eigenvalue weighted by Gasteiger charge is 2.80. The van der Waals surface area contributed by atoms with Crippen LogP contribution in [0.4, 0.5) is 26.3 Å². The summed E-state index contributed by atoms with van der Waals surface area (Å²) in [5.41, 5.74) is -1.40. The summed E-state index contributed by atoms with van der Waals surface area (Å²) in [5.74, 6) is -15.8. The van der Waals surface area contributed by atoms with Gasteiger partial charge in [0.05, 0.1) is 6.61 Å². The molecule has 192 valence electrons. The van der Waals surface area contributed by atoms with Gasteiger partial charge >= 0.3 is 17.8 Å². The number of thiophene rings is 2. The molecule has 1 aliphatic rings. The number of benzene rings is 2. The van der Waals surface area contributed by atoms with Crippen LogP contribution in [0.15, 0.2) is 66.7 Å². The molecule has 0 fully saturated rings. The number of aryl methyl sites for hydroxylation is 2. The maximum atomic E-state index is 15.3. The zero-order valence-corrected chi connectivity index (χ0v) is 21.2. The van der Waals surface area contributed by atoms with E-state index in [2.05, 4.69) is 0 Å². The summed E-state index contributed by atoms with van der Waals surface area (Å²) in [6.07, 6.45) is 0. The fourth-order valence-corrected chi connectivity index (χ4v) is 6.62. The number of hydrogen-bond acceptors (Lipinski definition) is 3. The van der Waals surface area contributed by atoms with Gasteiger partial charge in [-0.15, -0.1) is 22.7 Å². The Morgan fingerprint density at radius 1 is 0.649 bits per heavy atom. The molecule has 2 aromatic heterocycles. The van der Waals surface area contributed by atoms with Gasteiger partial charge in [0.15, 0.2) is 0 Å². The van der Waals surface area contributed by atoms with Crippen molar-refractivity contribution in [3.8, 4) is 20.9 Å². The Morgan fingerprint density at radius 3 is 1.51 bits per heavy atom. The number of alkyl halides is 6. The number of rotatable bonds is 5. The smallest absolute Gasteiger partial charge is 0.380 e. The largest absolute Gasteiger partial charge is 0.392 e. The Morgan fingerprint density at radius 2 is 1.08 bits per heavy atom. The fourth-order valence-electron chi connectivity index (χ4n) is 4.55. The Bertz CT molecular complexity index is 1500. The molecule has 9 heteroatoms. The summed E-state index contributed by atoms with van der Waals surface area (Å²) in [7, 11) is 0. The lowest BCUT2D eigenvalue weighted by molar-refractivity contribution is -0.254. The number of aliphatic hydroxyl groups excluding tert-OH is 1. The lowest BCUT2D eigenvalue weighted by Gasteiger charge is -2.25. The molecule has 0 atom stereocenters. The molecule has 0 saturated carbocycles. The third-order valence-corrected chi connectivity index (χ3v) is 8.72. The number of allylic oxidation sites excluding steroid dienone is 2. The number of hydrogen-bond donors (Lipinski definition) is 1. The summed E-state index contributed by atoms with van der Waals surface area (Å²) in [6.45, 7) is 2.74. The molecule has 37 heavy (non-hydrogen) atoms.